The number of morpholine rings is 1. The molecule has 2 aromatic carbocycles. The Kier molecular flexibility index (Phi) is 7.11. The van der Waals surface area contributed by atoms with Crippen molar-refractivity contribution < 1.29 is 18.8 Å². The van der Waals surface area contributed by atoms with Gasteiger partial charge >= 0.3 is 6.03 Å². The van der Waals surface area contributed by atoms with Gasteiger partial charge in [0.2, 0.25) is 0 Å². The summed E-state index contributed by atoms with van der Waals surface area (Å²) in [6.45, 7) is 11.0. The first-order valence-electron chi connectivity index (χ1n) is 12.4. The predicted molar refractivity (Wildman–Crippen MR) is 142 cm³/mol. The van der Waals surface area contributed by atoms with Crippen molar-refractivity contribution >= 4 is 28.6 Å². The van der Waals surface area contributed by atoms with Gasteiger partial charge in [-0.15, -0.1) is 0 Å². The molecule has 0 radical (unpaired) electrons. The molecule has 0 aliphatic carbocycles. The minimum atomic E-state index is -0.395. The van der Waals surface area contributed by atoms with Gasteiger partial charge in [-0.3, -0.25) is 14.8 Å². The Morgan fingerprint density at radius 3 is 2.57 bits per heavy atom. The molecule has 5 rings (SSSR count). The number of carbonyl (C=O) groups is 1. The highest BCUT2D eigenvalue weighted by atomic mass is 16.5. The van der Waals surface area contributed by atoms with Crippen molar-refractivity contribution in [1.82, 2.24) is 19.6 Å². The number of nitrogens with one attached hydrogen (secondary N) is 2. The fraction of sp³-hybridized carbons (Fsp3) is 0.370. The predicted octanol–water partition coefficient (Wildman–Crippen LogP) is 4.67. The van der Waals surface area contributed by atoms with Gasteiger partial charge in [0, 0.05) is 48.6 Å². The number of fused-ring (bicyclic) bond motifs is 1. The van der Waals surface area contributed by atoms with Crippen molar-refractivity contribution in [1.29, 1.82) is 0 Å². The molecule has 0 unspecified atom stereocenters. The number of nitrogens with zero attached hydrogens (tertiary/aromatic N) is 4. The van der Waals surface area contributed by atoms with Crippen molar-refractivity contribution in [2.75, 3.05) is 50.1 Å². The van der Waals surface area contributed by atoms with E-state index in [1.54, 1.807) is 12.4 Å². The summed E-state index contributed by atoms with van der Waals surface area (Å²) in [5.74, 6) is 1.87. The number of aromatic nitrogens is 3. The van der Waals surface area contributed by atoms with E-state index >= 15 is 0 Å². The van der Waals surface area contributed by atoms with Crippen LogP contribution in [0.25, 0.3) is 16.7 Å². The summed E-state index contributed by atoms with van der Waals surface area (Å²) in [7, 11) is 0. The third-order valence-corrected chi connectivity index (χ3v) is 6.19. The maximum atomic E-state index is 12.4. The zero-order valence-electron chi connectivity index (χ0n) is 21.4. The average molecular weight is 505 g/mol. The van der Waals surface area contributed by atoms with Crippen LogP contribution in [0.2, 0.25) is 0 Å². The van der Waals surface area contributed by atoms with Crippen LogP contribution >= 0.6 is 0 Å². The Morgan fingerprint density at radius 1 is 1.05 bits per heavy atom. The lowest BCUT2D eigenvalue weighted by Gasteiger charge is -2.26. The number of hydrogen-bond donors (Lipinski definition) is 2. The van der Waals surface area contributed by atoms with Gasteiger partial charge in [0.15, 0.2) is 5.82 Å². The molecule has 3 heterocycles. The fourth-order valence-corrected chi connectivity index (χ4v) is 4.07. The maximum absolute atomic E-state index is 12.4. The highest BCUT2D eigenvalue weighted by Gasteiger charge is 2.20. The largest absolute Gasteiger partial charge is 0.492 e. The summed E-state index contributed by atoms with van der Waals surface area (Å²) in [6.07, 6.45) is 1.79. The van der Waals surface area contributed by atoms with E-state index in [1.165, 1.54) is 0 Å². The number of ether oxygens (including phenoxy) is 2. The molecule has 194 valence electrons. The summed E-state index contributed by atoms with van der Waals surface area (Å²) < 4.78 is 18.7. The molecule has 37 heavy (non-hydrogen) atoms. The van der Waals surface area contributed by atoms with E-state index < -0.39 is 6.03 Å². The highest BCUT2D eigenvalue weighted by molar-refractivity contribution is 5.99. The molecular weight excluding hydrogens is 472 g/mol. The lowest BCUT2D eigenvalue weighted by Crippen LogP contribution is -2.38. The minimum Gasteiger partial charge on any atom is -0.492 e. The van der Waals surface area contributed by atoms with Crippen LogP contribution in [-0.4, -0.2) is 65.1 Å². The van der Waals surface area contributed by atoms with Crippen molar-refractivity contribution in [2.24, 2.45) is 0 Å². The molecular formula is C27H32N6O4. The second-order valence-corrected chi connectivity index (χ2v) is 10.0. The third kappa shape index (κ3) is 6.10. The molecule has 0 atom stereocenters. The first-order valence-corrected chi connectivity index (χ1v) is 12.4. The summed E-state index contributed by atoms with van der Waals surface area (Å²) in [5.41, 5.74) is 3.21. The molecule has 1 aliphatic heterocycles. The normalized spacial score (nSPS) is 14.6. The molecule has 0 bridgehead atoms. The van der Waals surface area contributed by atoms with Gasteiger partial charge < -0.3 is 19.3 Å². The molecule has 2 N–H and O–H groups in total. The monoisotopic (exact) mass is 504 g/mol. The quantitative estimate of drug-likeness (QED) is 0.377. The smallest absolute Gasteiger partial charge is 0.324 e. The fourth-order valence-electron chi connectivity index (χ4n) is 4.07. The molecule has 0 saturated carbocycles. The Balaban J connectivity index is 1.21. The van der Waals surface area contributed by atoms with Gasteiger partial charge in [0.1, 0.15) is 24.4 Å². The first-order chi connectivity index (χ1) is 17.8. The van der Waals surface area contributed by atoms with Gasteiger partial charge in [-0.25, -0.2) is 9.78 Å². The zero-order valence-corrected chi connectivity index (χ0v) is 21.4. The van der Waals surface area contributed by atoms with E-state index in [9.17, 15) is 4.79 Å². The summed E-state index contributed by atoms with van der Waals surface area (Å²) in [5, 5.41) is 9.43. The lowest BCUT2D eigenvalue weighted by atomic mass is 9.93. The Bertz CT molecular complexity index is 1350. The van der Waals surface area contributed by atoms with Crippen LogP contribution in [0.5, 0.6) is 5.75 Å². The van der Waals surface area contributed by atoms with E-state index in [-0.39, 0.29) is 5.41 Å². The molecule has 1 saturated heterocycles. The highest BCUT2D eigenvalue weighted by Crippen LogP contribution is 2.26. The summed E-state index contributed by atoms with van der Waals surface area (Å²) >= 11 is 0. The number of hydrogen-bond acceptors (Lipinski definition) is 7. The van der Waals surface area contributed by atoms with Crippen LogP contribution in [0.3, 0.4) is 0 Å². The number of imidazole rings is 1. The number of carbonyl (C=O) groups excluding carboxylic acids is 1. The van der Waals surface area contributed by atoms with E-state index in [0.717, 1.165) is 55.3 Å². The second kappa shape index (κ2) is 10.6. The minimum absolute atomic E-state index is 0.188. The standard InChI is InChI=1S/C27H32N6O4/c1-27(2,3)24-17-25(31-37-24)30-26(34)29-19-4-6-20(7-5-19)33-18-28-22-9-8-21(16-23(22)33)36-15-12-32-10-13-35-14-11-32/h4-9,16-18H,10-15H2,1-3H3,(H2,29,30,31,34). The van der Waals surface area contributed by atoms with Crippen LogP contribution < -0.4 is 15.4 Å². The van der Waals surface area contributed by atoms with Crippen molar-refractivity contribution in [3.8, 4) is 11.4 Å². The Morgan fingerprint density at radius 2 is 1.84 bits per heavy atom. The van der Waals surface area contributed by atoms with Gasteiger partial charge in [0.05, 0.1) is 24.2 Å². The first kappa shape index (κ1) is 24.8. The van der Waals surface area contributed by atoms with Gasteiger partial charge in [0.25, 0.3) is 0 Å². The molecule has 10 nitrogen and oxygen atoms in total. The van der Waals surface area contributed by atoms with E-state index in [0.29, 0.717) is 23.9 Å². The lowest BCUT2D eigenvalue weighted by molar-refractivity contribution is 0.0322. The average Bonchev–Trinajstić information content (AvgIpc) is 3.52. The Hall–Kier alpha value is -3.89. The van der Waals surface area contributed by atoms with Gasteiger partial charge in [-0.05, 0) is 36.4 Å². The number of benzene rings is 2. The van der Waals surface area contributed by atoms with Crippen LogP contribution in [0.15, 0.2) is 59.4 Å². The molecule has 1 fully saturated rings. The number of urea groups is 1. The van der Waals surface area contributed by atoms with Gasteiger partial charge in [-0.1, -0.05) is 25.9 Å². The zero-order chi connectivity index (χ0) is 25.8. The van der Waals surface area contributed by atoms with Crippen LogP contribution in [0.1, 0.15) is 26.5 Å². The molecule has 1 aliphatic rings. The van der Waals surface area contributed by atoms with E-state index in [4.69, 9.17) is 14.0 Å². The van der Waals surface area contributed by atoms with Crippen LogP contribution in [-0.2, 0) is 10.2 Å². The van der Waals surface area contributed by atoms with E-state index in [1.807, 2.05) is 67.8 Å². The van der Waals surface area contributed by atoms with Crippen LogP contribution in [0, 0.1) is 0 Å². The second-order valence-electron chi connectivity index (χ2n) is 10.0. The molecule has 2 amide bonds. The van der Waals surface area contributed by atoms with Crippen molar-refractivity contribution in [2.45, 2.75) is 26.2 Å². The number of anilines is 2. The van der Waals surface area contributed by atoms with E-state index in [2.05, 4.69) is 25.7 Å². The summed E-state index contributed by atoms with van der Waals surface area (Å²) in [6, 6.07) is 14.8. The maximum Gasteiger partial charge on any atom is 0.324 e. The topological polar surface area (TPSA) is 107 Å². The van der Waals surface area contributed by atoms with Gasteiger partial charge in [-0.2, -0.15) is 0 Å². The van der Waals surface area contributed by atoms with Crippen molar-refractivity contribution in [3.63, 3.8) is 0 Å². The summed E-state index contributed by atoms with van der Waals surface area (Å²) in [4.78, 5) is 19.3. The van der Waals surface area contributed by atoms with Crippen molar-refractivity contribution in [3.05, 3.63) is 60.6 Å². The number of amides is 2. The molecule has 4 aromatic rings. The SMILES string of the molecule is CC(C)(C)c1cc(NC(=O)Nc2ccc(-n3cnc4ccc(OCCN5CCOCC5)cc43)cc2)no1. The Labute approximate surface area is 215 Å². The molecule has 2 aromatic heterocycles. The van der Waals surface area contributed by atoms with Crippen LogP contribution in [0.4, 0.5) is 16.3 Å². The molecule has 0 spiro atoms. The molecule has 10 heteroatoms. The third-order valence-electron chi connectivity index (χ3n) is 6.19. The number of rotatable bonds is 7.